The number of aromatic amines is 1. The number of para-hydroxylation sites is 1. The summed E-state index contributed by atoms with van der Waals surface area (Å²) in [6.07, 6.45) is 1.02. The van der Waals surface area contributed by atoms with Crippen molar-refractivity contribution in [1.82, 2.24) is 9.88 Å². The Morgan fingerprint density at radius 1 is 1.44 bits per heavy atom. The van der Waals surface area contributed by atoms with Gasteiger partial charge in [0.25, 0.3) is 5.91 Å². The lowest BCUT2D eigenvalue weighted by molar-refractivity contribution is 0.0783. The topological polar surface area (TPSA) is 62.1 Å². The molecule has 3 N–H and O–H groups in total. The Morgan fingerprint density at radius 2 is 2.28 bits per heavy atom. The molecule has 1 saturated heterocycles. The third-order valence-electron chi connectivity index (χ3n) is 3.67. The standard InChI is InChI=1S/C14H17N3O/c15-8-10-5-6-17(9-10)14(18)13-7-11-3-1-2-4-12(11)16-13/h1-4,7,10,16H,5-6,8-9,15H2. The first-order chi connectivity index (χ1) is 8.78. The number of fused-ring (bicyclic) bond motifs is 1. The van der Waals surface area contributed by atoms with Crippen LogP contribution in [0.3, 0.4) is 0 Å². The van der Waals surface area contributed by atoms with Crippen LogP contribution in [0.15, 0.2) is 30.3 Å². The summed E-state index contributed by atoms with van der Waals surface area (Å²) in [7, 11) is 0. The molecule has 0 bridgehead atoms. The van der Waals surface area contributed by atoms with Crippen LogP contribution in [-0.2, 0) is 0 Å². The number of likely N-dealkylation sites (tertiary alicyclic amines) is 1. The number of amides is 1. The van der Waals surface area contributed by atoms with E-state index >= 15 is 0 Å². The van der Waals surface area contributed by atoms with Crippen molar-refractivity contribution in [2.45, 2.75) is 6.42 Å². The number of benzene rings is 1. The van der Waals surface area contributed by atoms with Gasteiger partial charge in [-0.15, -0.1) is 0 Å². The summed E-state index contributed by atoms with van der Waals surface area (Å²) in [5.74, 6) is 0.542. The molecule has 1 aliphatic rings. The number of aromatic nitrogens is 1. The summed E-state index contributed by atoms with van der Waals surface area (Å²) in [5, 5.41) is 1.08. The third kappa shape index (κ3) is 1.88. The first-order valence-electron chi connectivity index (χ1n) is 6.35. The predicted octanol–water partition coefficient (Wildman–Crippen LogP) is 1.59. The molecule has 1 aliphatic heterocycles. The van der Waals surface area contributed by atoms with E-state index < -0.39 is 0 Å². The van der Waals surface area contributed by atoms with Gasteiger partial charge in [0.2, 0.25) is 0 Å². The summed E-state index contributed by atoms with van der Waals surface area (Å²) in [5.41, 5.74) is 7.33. The van der Waals surface area contributed by atoms with Gasteiger partial charge in [-0.3, -0.25) is 4.79 Å². The van der Waals surface area contributed by atoms with Crippen LogP contribution in [-0.4, -0.2) is 35.4 Å². The van der Waals surface area contributed by atoms with Crippen molar-refractivity contribution in [3.63, 3.8) is 0 Å². The molecule has 2 heterocycles. The lowest BCUT2D eigenvalue weighted by atomic mass is 10.1. The number of nitrogens with two attached hydrogens (primary N) is 1. The summed E-state index contributed by atoms with van der Waals surface area (Å²) in [4.78, 5) is 17.4. The van der Waals surface area contributed by atoms with Crippen molar-refractivity contribution < 1.29 is 4.79 Å². The van der Waals surface area contributed by atoms with Crippen LogP contribution < -0.4 is 5.73 Å². The Hall–Kier alpha value is -1.81. The molecule has 4 heteroatoms. The lowest BCUT2D eigenvalue weighted by Gasteiger charge is -2.14. The number of hydrogen-bond donors (Lipinski definition) is 2. The molecule has 0 aliphatic carbocycles. The summed E-state index contributed by atoms with van der Waals surface area (Å²) in [6.45, 7) is 2.26. The molecule has 1 unspecified atom stereocenters. The number of carbonyl (C=O) groups excluding carboxylic acids is 1. The zero-order valence-corrected chi connectivity index (χ0v) is 10.2. The van der Waals surface area contributed by atoms with Crippen LogP contribution in [0.2, 0.25) is 0 Å². The Balaban J connectivity index is 1.84. The van der Waals surface area contributed by atoms with Gasteiger partial charge in [0.15, 0.2) is 0 Å². The van der Waals surface area contributed by atoms with Gasteiger partial charge in [0.05, 0.1) is 0 Å². The molecule has 94 valence electrons. The minimum Gasteiger partial charge on any atom is -0.351 e. The number of hydrogen-bond acceptors (Lipinski definition) is 2. The van der Waals surface area contributed by atoms with E-state index in [2.05, 4.69) is 4.98 Å². The number of nitrogens with one attached hydrogen (secondary N) is 1. The van der Waals surface area contributed by atoms with Gasteiger partial charge >= 0.3 is 0 Å². The summed E-state index contributed by atoms with van der Waals surface area (Å²) < 4.78 is 0. The molecule has 1 aromatic carbocycles. The van der Waals surface area contributed by atoms with Crippen LogP contribution in [0.25, 0.3) is 10.9 Å². The van der Waals surface area contributed by atoms with Gasteiger partial charge in [0, 0.05) is 24.0 Å². The van der Waals surface area contributed by atoms with Crippen molar-refractivity contribution in [2.24, 2.45) is 11.7 Å². The zero-order valence-electron chi connectivity index (χ0n) is 10.2. The molecule has 1 amide bonds. The summed E-state index contributed by atoms with van der Waals surface area (Å²) in [6, 6.07) is 9.86. The molecule has 18 heavy (non-hydrogen) atoms. The quantitative estimate of drug-likeness (QED) is 0.841. The molecule has 0 saturated carbocycles. The molecule has 1 fully saturated rings. The average molecular weight is 243 g/mol. The van der Waals surface area contributed by atoms with E-state index in [0.717, 1.165) is 30.4 Å². The summed E-state index contributed by atoms with van der Waals surface area (Å²) >= 11 is 0. The van der Waals surface area contributed by atoms with Gasteiger partial charge in [-0.2, -0.15) is 0 Å². The molecular weight excluding hydrogens is 226 g/mol. The molecule has 1 aromatic heterocycles. The highest BCUT2D eigenvalue weighted by Crippen LogP contribution is 2.20. The normalized spacial score (nSPS) is 19.6. The van der Waals surface area contributed by atoms with E-state index in [1.807, 2.05) is 35.2 Å². The highest BCUT2D eigenvalue weighted by molar-refractivity contribution is 5.98. The number of rotatable bonds is 2. The molecule has 2 aromatic rings. The van der Waals surface area contributed by atoms with Crippen molar-refractivity contribution in [3.8, 4) is 0 Å². The predicted molar refractivity (Wildman–Crippen MR) is 71.4 cm³/mol. The van der Waals surface area contributed by atoms with Crippen molar-refractivity contribution in [2.75, 3.05) is 19.6 Å². The molecular formula is C14H17N3O. The Kier molecular flexibility index (Phi) is 2.80. The van der Waals surface area contributed by atoms with Crippen LogP contribution >= 0.6 is 0 Å². The van der Waals surface area contributed by atoms with E-state index in [1.54, 1.807) is 0 Å². The van der Waals surface area contributed by atoms with Crippen LogP contribution in [0.4, 0.5) is 0 Å². The van der Waals surface area contributed by atoms with E-state index in [-0.39, 0.29) is 5.91 Å². The first-order valence-corrected chi connectivity index (χ1v) is 6.35. The van der Waals surface area contributed by atoms with E-state index in [1.165, 1.54) is 0 Å². The van der Waals surface area contributed by atoms with Gasteiger partial charge in [-0.25, -0.2) is 0 Å². The van der Waals surface area contributed by atoms with Gasteiger partial charge < -0.3 is 15.6 Å². The molecule has 3 rings (SSSR count). The molecule has 0 radical (unpaired) electrons. The highest BCUT2D eigenvalue weighted by Gasteiger charge is 2.26. The minimum atomic E-state index is 0.0853. The molecule has 0 spiro atoms. The van der Waals surface area contributed by atoms with Gasteiger partial charge in [-0.1, -0.05) is 18.2 Å². The fourth-order valence-corrected chi connectivity index (χ4v) is 2.57. The maximum absolute atomic E-state index is 12.3. The second kappa shape index (κ2) is 4.46. The SMILES string of the molecule is NCC1CCN(C(=O)c2cc3ccccc3[nH]2)C1. The Bertz CT molecular complexity index is 542. The second-order valence-electron chi connectivity index (χ2n) is 4.91. The van der Waals surface area contributed by atoms with Crippen LogP contribution in [0, 0.1) is 5.92 Å². The fraction of sp³-hybridized carbons (Fsp3) is 0.357. The Labute approximate surface area is 106 Å². The van der Waals surface area contributed by atoms with Crippen LogP contribution in [0.1, 0.15) is 16.9 Å². The minimum absolute atomic E-state index is 0.0853. The number of carbonyl (C=O) groups is 1. The van der Waals surface area contributed by atoms with Crippen molar-refractivity contribution in [3.05, 3.63) is 36.0 Å². The second-order valence-corrected chi connectivity index (χ2v) is 4.91. The van der Waals surface area contributed by atoms with Crippen molar-refractivity contribution in [1.29, 1.82) is 0 Å². The van der Waals surface area contributed by atoms with E-state index in [0.29, 0.717) is 18.2 Å². The van der Waals surface area contributed by atoms with Gasteiger partial charge in [0.1, 0.15) is 5.69 Å². The first kappa shape index (κ1) is 11.3. The maximum Gasteiger partial charge on any atom is 0.270 e. The zero-order chi connectivity index (χ0) is 12.5. The lowest BCUT2D eigenvalue weighted by Crippen LogP contribution is -2.30. The number of H-pyrrole nitrogens is 1. The Morgan fingerprint density at radius 3 is 3.00 bits per heavy atom. The average Bonchev–Trinajstić information content (AvgIpc) is 3.04. The maximum atomic E-state index is 12.3. The fourth-order valence-electron chi connectivity index (χ4n) is 2.57. The van der Waals surface area contributed by atoms with Gasteiger partial charge in [-0.05, 0) is 31.0 Å². The van der Waals surface area contributed by atoms with E-state index in [4.69, 9.17) is 5.73 Å². The molecule has 1 atom stereocenters. The smallest absolute Gasteiger partial charge is 0.270 e. The monoisotopic (exact) mass is 243 g/mol. The molecule has 4 nitrogen and oxygen atoms in total. The highest BCUT2D eigenvalue weighted by atomic mass is 16.2. The van der Waals surface area contributed by atoms with E-state index in [9.17, 15) is 4.79 Å². The van der Waals surface area contributed by atoms with Crippen molar-refractivity contribution >= 4 is 16.8 Å². The number of nitrogens with zero attached hydrogens (tertiary/aromatic N) is 1. The largest absolute Gasteiger partial charge is 0.351 e. The third-order valence-corrected chi connectivity index (χ3v) is 3.67. The van der Waals surface area contributed by atoms with Crippen LogP contribution in [0.5, 0.6) is 0 Å².